The fraction of sp³-hybridized carbons (Fsp3) is 0.375. The Balaban J connectivity index is 2.02. The molecule has 2 N–H and O–H groups in total. The number of rotatable bonds is 3. The monoisotopic (exact) mass is 312 g/mol. The highest BCUT2D eigenvalue weighted by molar-refractivity contribution is 5.76. The topological polar surface area (TPSA) is 88.8 Å². The van der Waals surface area contributed by atoms with Crippen LogP contribution in [0.1, 0.15) is 31.9 Å². The van der Waals surface area contributed by atoms with Crippen LogP contribution < -0.4 is 10.6 Å². The Morgan fingerprint density at radius 1 is 0.913 bits per heavy atom. The van der Waals surface area contributed by atoms with Crippen molar-refractivity contribution in [1.82, 2.24) is 20.3 Å². The smallest absolute Gasteiger partial charge is 0.245 e. The molecule has 0 saturated carbocycles. The standard InChI is InChI=1S/C16H20N6O/c1-9-6-7-11(8-10(9)2)17-12-13(20-16(3,4)5)19-15-14(18-12)21-23-22-15/h6-8H,1-5H3,(H,17,18,21)(H,19,20,22). The first kappa shape index (κ1) is 15.2. The molecule has 0 atom stereocenters. The van der Waals surface area contributed by atoms with Crippen molar-refractivity contribution in [3.8, 4) is 0 Å². The van der Waals surface area contributed by atoms with E-state index in [9.17, 15) is 0 Å². The summed E-state index contributed by atoms with van der Waals surface area (Å²) >= 11 is 0. The van der Waals surface area contributed by atoms with Crippen molar-refractivity contribution < 1.29 is 4.63 Å². The Bertz CT molecular complexity index is 849. The Hall–Kier alpha value is -2.70. The first-order valence-electron chi connectivity index (χ1n) is 7.44. The van der Waals surface area contributed by atoms with Gasteiger partial charge in [-0.25, -0.2) is 14.6 Å². The van der Waals surface area contributed by atoms with Crippen molar-refractivity contribution in [2.45, 2.75) is 40.2 Å². The minimum absolute atomic E-state index is 0.168. The fourth-order valence-corrected chi connectivity index (χ4v) is 2.12. The van der Waals surface area contributed by atoms with Crippen LogP contribution >= 0.6 is 0 Å². The normalized spacial score (nSPS) is 11.7. The van der Waals surface area contributed by atoms with E-state index in [1.807, 2.05) is 6.07 Å². The summed E-state index contributed by atoms with van der Waals surface area (Å²) in [6, 6.07) is 6.15. The zero-order valence-electron chi connectivity index (χ0n) is 13.9. The van der Waals surface area contributed by atoms with Gasteiger partial charge in [0.25, 0.3) is 0 Å². The summed E-state index contributed by atoms with van der Waals surface area (Å²) in [5, 5.41) is 14.2. The molecule has 1 aromatic carbocycles. The number of anilines is 3. The van der Waals surface area contributed by atoms with Gasteiger partial charge in [-0.05, 0) is 68.2 Å². The van der Waals surface area contributed by atoms with Crippen molar-refractivity contribution in [2.75, 3.05) is 10.6 Å². The Kier molecular flexibility index (Phi) is 3.63. The van der Waals surface area contributed by atoms with Crippen LogP contribution in [0.2, 0.25) is 0 Å². The van der Waals surface area contributed by atoms with E-state index in [0.29, 0.717) is 22.9 Å². The summed E-state index contributed by atoms with van der Waals surface area (Å²) in [5.41, 5.74) is 3.97. The summed E-state index contributed by atoms with van der Waals surface area (Å²) in [5.74, 6) is 1.20. The molecule has 0 unspecified atom stereocenters. The summed E-state index contributed by atoms with van der Waals surface area (Å²) < 4.78 is 4.71. The van der Waals surface area contributed by atoms with E-state index in [1.54, 1.807) is 0 Å². The lowest BCUT2D eigenvalue weighted by Gasteiger charge is -2.22. The van der Waals surface area contributed by atoms with Crippen LogP contribution in [0.25, 0.3) is 11.3 Å². The second kappa shape index (κ2) is 5.49. The number of aromatic nitrogens is 4. The molecule has 0 bridgehead atoms. The quantitative estimate of drug-likeness (QED) is 0.764. The van der Waals surface area contributed by atoms with Gasteiger partial charge in [0.15, 0.2) is 11.6 Å². The maximum atomic E-state index is 4.71. The van der Waals surface area contributed by atoms with Crippen LogP contribution in [-0.4, -0.2) is 25.8 Å². The van der Waals surface area contributed by atoms with E-state index in [1.165, 1.54) is 11.1 Å². The van der Waals surface area contributed by atoms with Crippen molar-refractivity contribution >= 4 is 28.6 Å². The number of hydrogen-bond donors (Lipinski definition) is 2. The van der Waals surface area contributed by atoms with Gasteiger partial charge >= 0.3 is 0 Å². The Morgan fingerprint density at radius 2 is 1.57 bits per heavy atom. The Labute approximate surface area is 134 Å². The average Bonchev–Trinajstić information content (AvgIpc) is 2.88. The summed E-state index contributed by atoms with van der Waals surface area (Å²) in [6.45, 7) is 10.3. The van der Waals surface area contributed by atoms with Crippen LogP contribution in [0.15, 0.2) is 22.8 Å². The predicted octanol–water partition coefficient (Wildman–Crippen LogP) is 3.58. The largest absolute Gasteiger partial charge is 0.362 e. The fourth-order valence-electron chi connectivity index (χ4n) is 2.12. The highest BCUT2D eigenvalue weighted by Crippen LogP contribution is 2.26. The number of fused-ring (bicyclic) bond motifs is 1. The maximum Gasteiger partial charge on any atom is 0.245 e. The summed E-state index contributed by atoms with van der Waals surface area (Å²) in [4.78, 5) is 8.92. The molecular formula is C16H20N6O. The highest BCUT2D eigenvalue weighted by Gasteiger charge is 2.18. The van der Waals surface area contributed by atoms with Gasteiger partial charge in [0.1, 0.15) is 0 Å². The van der Waals surface area contributed by atoms with Crippen LogP contribution in [0, 0.1) is 13.8 Å². The molecule has 0 aliphatic carbocycles. The first-order valence-corrected chi connectivity index (χ1v) is 7.44. The molecule has 2 aromatic heterocycles. The van der Waals surface area contributed by atoms with Gasteiger partial charge in [-0.1, -0.05) is 6.07 Å². The highest BCUT2D eigenvalue weighted by atomic mass is 16.6. The molecule has 7 heteroatoms. The molecule has 0 spiro atoms. The van der Waals surface area contributed by atoms with Crippen LogP contribution in [0.5, 0.6) is 0 Å². The molecule has 0 amide bonds. The number of nitrogens with zero attached hydrogens (tertiary/aromatic N) is 4. The number of aryl methyl sites for hydroxylation is 2. The molecule has 3 aromatic rings. The molecule has 0 aliphatic heterocycles. The van der Waals surface area contributed by atoms with Gasteiger partial charge in [-0.3, -0.25) is 0 Å². The molecule has 0 fully saturated rings. The third-order valence-electron chi connectivity index (χ3n) is 3.38. The van der Waals surface area contributed by atoms with Gasteiger partial charge in [0.05, 0.1) is 0 Å². The lowest BCUT2D eigenvalue weighted by molar-refractivity contribution is 0.314. The third-order valence-corrected chi connectivity index (χ3v) is 3.38. The molecule has 0 aliphatic rings. The second-order valence-corrected chi connectivity index (χ2v) is 6.63. The molecule has 23 heavy (non-hydrogen) atoms. The van der Waals surface area contributed by atoms with Crippen LogP contribution in [0.4, 0.5) is 17.3 Å². The third kappa shape index (κ3) is 3.39. The minimum atomic E-state index is -0.168. The molecule has 0 saturated heterocycles. The number of benzene rings is 1. The second-order valence-electron chi connectivity index (χ2n) is 6.63. The maximum absolute atomic E-state index is 4.71. The van der Waals surface area contributed by atoms with Crippen molar-refractivity contribution in [3.05, 3.63) is 29.3 Å². The van der Waals surface area contributed by atoms with Crippen LogP contribution in [0.3, 0.4) is 0 Å². The van der Waals surface area contributed by atoms with Crippen molar-refractivity contribution in [1.29, 1.82) is 0 Å². The predicted molar refractivity (Wildman–Crippen MR) is 90.0 cm³/mol. The van der Waals surface area contributed by atoms with E-state index in [-0.39, 0.29) is 5.54 Å². The molecule has 3 rings (SSSR count). The number of hydrogen-bond acceptors (Lipinski definition) is 7. The van der Waals surface area contributed by atoms with Crippen molar-refractivity contribution in [3.63, 3.8) is 0 Å². The van der Waals surface area contributed by atoms with Gasteiger partial charge in [-0.2, -0.15) is 0 Å². The lowest BCUT2D eigenvalue weighted by Crippen LogP contribution is -2.27. The van der Waals surface area contributed by atoms with Gasteiger partial charge in [0, 0.05) is 11.2 Å². The van der Waals surface area contributed by atoms with Crippen molar-refractivity contribution in [2.24, 2.45) is 0 Å². The molecule has 2 heterocycles. The lowest BCUT2D eigenvalue weighted by atomic mass is 10.1. The van der Waals surface area contributed by atoms with E-state index >= 15 is 0 Å². The molecule has 120 valence electrons. The molecule has 7 nitrogen and oxygen atoms in total. The summed E-state index contributed by atoms with van der Waals surface area (Å²) in [6.07, 6.45) is 0. The zero-order chi connectivity index (χ0) is 16.6. The van der Waals surface area contributed by atoms with E-state index in [0.717, 1.165) is 5.69 Å². The van der Waals surface area contributed by atoms with Gasteiger partial charge < -0.3 is 10.6 Å². The van der Waals surface area contributed by atoms with E-state index < -0.39 is 0 Å². The SMILES string of the molecule is Cc1ccc(Nc2nc3nonc3nc2NC(C)(C)C)cc1C. The molecule has 0 radical (unpaired) electrons. The minimum Gasteiger partial charge on any atom is -0.362 e. The summed E-state index contributed by atoms with van der Waals surface area (Å²) in [7, 11) is 0. The van der Waals surface area contributed by atoms with Crippen LogP contribution in [-0.2, 0) is 0 Å². The zero-order valence-corrected chi connectivity index (χ0v) is 13.9. The number of nitrogens with one attached hydrogen (secondary N) is 2. The van der Waals surface area contributed by atoms with E-state index in [2.05, 4.69) is 77.7 Å². The Morgan fingerprint density at radius 3 is 2.17 bits per heavy atom. The first-order chi connectivity index (χ1) is 10.8. The van der Waals surface area contributed by atoms with Gasteiger partial charge in [0.2, 0.25) is 11.3 Å². The average molecular weight is 312 g/mol. The van der Waals surface area contributed by atoms with Gasteiger partial charge in [-0.15, -0.1) is 0 Å². The van der Waals surface area contributed by atoms with E-state index in [4.69, 9.17) is 4.63 Å². The molecular weight excluding hydrogens is 292 g/mol.